The third-order valence-electron chi connectivity index (χ3n) is 5.77. The fourth-order valence-corrected chi connectivity index (χ4v) is 4.15. The van der Waals surface area contributed by atoms with Crippen LogP contribution >= 0.6 is 11.6 Å². The zero-order chi connectivity index (χ0) is 26.2. The number of rotatable bonds is 6. The molecule has 1 aliphatic heterocycles. The fraction of sp³-hybridized carbons (Fsp3) is 0.296. The van der Waals surface area contributed by atoms with Crippen molar-refractivity contribution in [3.8, 4) is 11.4 Å². The number of aliphatic hydroxyl groups excluding tert-OH is 1. The molecule has 9 heteroatoms. The minimum absolute atomic E-state index is 0.00228. The van der Waals surface area contributed by atoms with Gasteiger partial charge in [-0.25, -0.2) is 9.97 Å². The summed E-state index contributed by atoms with van der Waals surface area (Å²) in [7, 11) is 0. The smallest absolute Gasteiger partial charge is 0.213 e. The molecular weight excluding hydrogens is 483 g/mol. The molecule has 0 saturated heterocycles. The first-order valence-electron chi connectivity index (χ1n) is 11.4. The first-order chi connectivity index (χ1) is 16.9. The molecule has 0 aromatic carbocycles. The first kappa shape index (κ1) is 25.8. The molecule has 2 N–H and O–H groups in total. The zero-order valence-corrected chi connectivity index (χ0v) is 21.5. The monoisotopic (exact) mass is 510 g/mol. The fourth-order valence-electron chi connectivity index (χ4n) is 3.94. The summed E-state index contributed by atoms with van der Waals surface area (Å²) in [5.74, 6) is -0.296. The molecule has 0 fully saturated rings. The van der Waals surface area contributed by atoms with Gasteiger partial charge in [0.2, 0.25) is 5.95 Å². The number of aliphatic hydroxyl groups is 2. The molecule has 0 spiro atoms. The van der Waals surface area contributed by atoms with Crippen LogP contribution in [0.15, 0.2) is 65.2 Å². The Hall–Kier alpha value is -3.33. The van der Waals surface area contributed by atoms with Crippen molar-refractivity contribution in [2.24, 2.45) is 0 Å². The molecule has 3 aromatic heterocycles. The largest absolute Gasteiger partial charge is 0.486 e. The van der Waals surface area contributed by atoms with Crippen LogP contribution in [-0.2, 0) is 16.9 Å². The molecule has 188 valence electrons. The molecule has 0 saturated carbocycles. The second-order valence-electron chi connectivity index (χ2n) is 9.31. The quantitative estimate of drug-likeness (QED) is 0.438. The molecule has 36 heavy (non-hydrogen) atoms. The van der Waals surface area contributed by atoms with Gasteiger partial charge in [0, 0.05) is 18.0 Å². The Morgan fingerprint density at radius 2 is 1.86 bits per heavy atom. The number of allylic oxidation sites excluding steroid dienone is 2. The maximum Gasteiger partial charge on any atom is 0.213 e. The van der Waals surface area contributed by atoms with Crippen LogP contribution in [0.2, 0.25) is 0 Å². The van der Waals surface area contributed by atoms with E-state index in [1.165, 1.54) is 6.07 Å². The third-order valence-corrected chi connectivity index (χ3v) is 6.15. The number of ether oxygens (including phenoxy) is 1. The van der Waals surface area contributed by atoms with Gasteiger partial charge in [-0.1, -0.05) is 17.7 Å². The average Bonchev–Trinajstić information content (AvgIpc) is 2.80. The molecule has 1 unspecified atom stereocenters. The van der Waals surface area contributed by atoms with Crippen LogP contribution in [0.3, 0.4) is 0 Å². The topological polar surface area (TPSA) is 91.6 Å². The molecule has 0 amide bonds. The van der Waals surface area contributed by atoms with Gasteiger partial charge in [0.25, 0.3) is 0 Å². The van der Waals surface area contributed by atoms with Gasteiger partial charge in [-0.3, -0.25) is 4.98 Å². The standard InChI is InChI=1S/C27H28ClFN4O3/c1-15-9-18(31-24(29)10-15)14-36-22-11-17(3)33(26(34)25(22)28)21-12-20(30-13-16(21)2)19-7-6-8-23(32-19)27(4,5)35/h6-13,26,34-35H,14H2,1-5H3. The number of hydrogen-bond donors (Lipinski definition) is 2. The van der Waals surface area contributed by atoms with Gasteiger partial charge in [0.1, 0.15) is 23.0 Å². The summed E-state index contributed by atoms with van der Waals surface area (Å²) in [6.07, 6.45) is 2.21. The highest BCUT2D eigenvalue weighted by atomic mass is 35.5. The van der Waals surface area contributed by atoms with E-state index in [-0.39, 0.29) is 17.4 Å². The van der Waals surface area contributed by atoms with Crippen LogP contribution in [0.25, 0.3) is 11.4 Å². The third kappa shape index (κ3) is 5.41. The van der Waals surface area contributed by atoms with Gasteiger partial charge in [0.15, 0.2) is 6.23 Å². The van der Waals surface area contributed by atoms with E-state index in [0.29, 0.717) is 34.2 Å². The van der Waals surface area contributed by atoms with Gasteiger partial charge in [0.05, 0.1) is 28.5 Å². The first-order valence-corrected chi connectivity index (χ1v) is 11.8. The van der Waals surface area contributed by atoms with Crippen molar-refractivity contribution in [3.05, 3.63) is 93.6 Å². The summed E-state index contributed by atoms with van der Waals surface area (Å²) in [4.78, 5) is 14.6. The molecule has 3 aromatic rings. The molecule has 7 nitrogen and oxygen atoms in total. The lowest BCUT2D eigenvalue weighted by atomic mass is 10.0. The van der Waals surface area contributed by atoms with Gasteiger partial charge in [-0.05, 0) is 76.1 Å². The van der Waals surface area contributed by atoms with Gasteiger partial charge >= 0.3 is 0 Å². The minimum Gasteiger partial charge on any atom is -0.486 e. The second kappa shape index (κ2) is 9.97. The number of anilines is 1. The summed E-state index contributed by atoms with van der Waals surface area (Å²) in [6.45, 7) is 8.83. The Morgan fingerprint density at radius 1 is 1.11 bits per heavy atom. The van der Waals surface area contributed by atoms with Crippen molar-refractivity contribution < 1.29 is 19.3 Å². The zero-order valence-electron chi connectivity index (χ0n) is 20.8. The molecule has 4 heterocycles. The van der Waals surface area contributed by atoms with Crippen LogP contribution in [0, 0.1) is 19.8 Å². The van der Waals surface area contributed by atoms with Gasteiger partial charge < -0.3 is 19.8 Å². The molecule has 0 bridgehead atoms. The summed E-state index contributed by atoms with van der Waals surface area (Å²) < 4.78 is 19.4. The van der Waals surface area contributed by atoms with E-state index in [1.54, 1.807) is 50.1 Å². The van der Waals surface area contributed by atoms with Crippen molar-refractivity contribution in [2.45, 2.75) is 53.1 Å². The number of aromatic nitrogens is 3. The predicted molar refractivity (Wildman–Crippen MR) is 136 cm³/mol. The lowest BCUT2D eigenvalue weighted by Crippen LogP contribution is -2.37. The molecule has 4 rings (SSSR count). The highest BCUT2D eigenvalue weighted by Gasteiger charge is 2.30. The Bertz CT molecular complexity index is 1350. The highest BCUT2D eigenvalue weighted by Crippen LogP contribution is 2.36. The molecular formula is C27H28ClFN4O3. The maximum absolute atomic E-state index is 13.6. The lowest BCUT2D eigenvalue weighted by molar-refractivity contribution is 0.0740. The second-order valence-corrected chi connectivity index (χ2v) is 9.72. The van der Waals surface area contributed by atoms with Crippen LogP contribution in [0.1, 0.15) is 43.3 Å². The van der Waals surface area contributed by atoms with Crippen LogP contribution in [0.4, 0.5) is 10.1 Å². The summed E-state index contributed by atoms with van der Waals surface area (Å²) >= 11 is 6.52. The highest BCUT2D eigenvalue weighted by molar-refractivity contribution is 6.31. The van der Waals surface area contributed by atoms with Crippen molar-refractivity contribution in [3.63, 3.8) is 0 Å². The Balaban J connectivity index is 1.63. The Morgan fingerprint density at radius 3 is 2.56 bits per heavy atom. The van der Waals surface area contributed by atoms with E-state index < -0.39 is 17.8 Å². The summed E-state index contributed by atoms with van der Waals surface area (Å²) in [5, 5.41) is 21.6. The molecule has 1 aliphatic rings. The van der Waals surface area contributed by atoms with Gasteiger partial charge in [-0.15, -0.1) is 0 Å². The van der Waals surface area contributed by atoms with Crippen LogP contribution in [0.5, 0.6) is 0 Å². The SMILES string of the molecule is CC1=CC(OCc2cc(C)cc(F)n2)=C(Cl)C(O)N1c1cc(-c2cccc(C(C)(C)O)n2)ncc1C. The van der Waals surface area contributed by atoms with Crippen molar-refractivity contribution in [1.82, 2.24) is 15.0 Å². The minimum atomic E-state index is -1.21. The van der Waals surface area contributed by atoms with E-state index in [4.69, 9.17) is 16.3 Å². The number of halogens is 2. The lowest BCUT2D eigenvalue weighted by Gasteiger charge is -2.35. The number of aryl methyl sites for hydroxylation is 2. The number of pyridine rings is 3. The van der Waals surface area contributed by atoms with Gasteiger partial charge in [-0.2, -0.15) is 4.39 Å². The number of nitrogens with zero attached hydrogens (tertiary/aromatic N) is 4. The van der Waals surface area contributed by atoms with E-state index in [0.717, 1.165) is 11.1 Å². The van der Waals surface area contributed by atoms with Crippen molar-refractivity contribution in [2.75, 3.05) is 4.90 Å². The van der Waals surface area contributed by atoms with Crippen LogP contribution < -0.4 is 4.90 Å². The van der Waals surface area contributed by atoms with E-state index in [9.17, 15) is 14.6 Å². The molecule has 0 radical (unpaired) electrons. The Labute approximate surface area is 214 Å². The Kier molecular flexibility index (Phi) is 7.13. The summed E-state index contributed by atoms with van der Waals surface area (Å²) in [5.41, 5.74) is 3.94. The normalized spacial score (nSPS) is 16.3. The molecule has 0 aliphatic carbocycles. The van der Waals surface area contributed by atoms with E-state index >= 15 is 0 Å². The predicted octanol–water partition coefficient (Wildman–Crippen LogP) is 5.23. The summed E-state index contributed by atoms with van der Waals surface area (Å²) in [6, 6.07) is 10.3. The van der Waals surface area contributed by atoms with Crippen LogP contribution in [-0.4, -0.2) is 31.4 Å². The van der Waals surface area contributed by atoms with E-state index in [1.807, 2.05) is 32.0 Å². The maximum atomic E-state index is 13.6. The van der Waals surface area contributed by atoms with Crippen molar-refractivity contribution >= 4 is 17.3 Å². The average molecular weight is 511 g/mol. The van der Waals surface area contributed by atoms with Crippen molar-refractivity contribution in [1.29, 1.82) is 0 Å². The number of hydrogen-bond acceptors (Lipinski definition) is 7. The van der Waals surface area contributed by atoms with E-state index in [2.05, 4.69) is 15.0 Å². The molecule has 1 atom stereocenters.